The molecule has 0 saturated carbocycles. The Labute approximate surface area is 201 Å². The number of para-hydroxylation sites is 1. The number of nitrogens with zero attached hydrogens (tertiary/aromatic N) is 2. The van der Waals surface area contributed by atoms with Crippen LogP contribution in [0, 0.1) is 15.7 Å². The highest BCUT2D eigenvalue weighted by atomic mass is 35.7. The molecule has 0 spiro atoms. The monoisotopic (exact) mass is 484 g/mol. The van der Waals surface area contributed by atoms with E-state index >= 15 is 0 Å². The highest BCUT2D eigenvalue weighted by Gasteiger charge is 2.41. The molecule has 0 saturated heterocycles. The number of carbonyl (C=O) groups is 1. The second-order valence-electron chi connectivity index (χ2n) is 9.12. The summed E-state index contributed by atoms with van der Waals surface area (Å²) in [6.07, 6.45) is 2.80. The average molecular weight is 485 g/mol. The number of benzene rings is 2. The minimum Gasteiger partial charge on any atom is -0.378 e. The van der Waals surface area contributed by atoms with Crippen LogP contribution in [0.1, 0.15) is 48.8 Å². The van der Waals surface area contributed by atoms with Gasteiger partial charge in [0, 0.05) is 48.6 Å². The summed E-state index contributed by atoms with van der Waals surface area (Å²) >= 11 is 0. The summed E-state index contributed by atoms with van der Waals surface area (Å²) in [5, 5.41) is 1.12. The molecule has 7 nitrogen and oxygen atoms in total. The van der Waals surface area contributed by atoms with Crippen LogP contribution in [-0.4, -0.2) is 19.9 Å². The maximum atomic E-state index is 13.1. The lowest BCUT2D eigenvalue weighted by molar-refractivity contribution is -2.00. The molecule has 34 heavy (non-hydrogen) atoms. The molecule has 0 atom stereocenters. The van der Waals surface area contributed by atoms with Crippen LogP contribution in [-0.2, 0) is 6.54 Å². The Morgan fingerprint density at radius 1 is 1.03 bits per heavy atom. The van der Waals surface area contributed by atoms with E-state index < -0.39 is 10.2 Å². The summed E-state index contributed by atoms with van der Waals surface area (Å²) in [5.41, 5.74) is 6.45. The fourth-order valence-corrected chi connectivity index (χ4v) is 4.39. The number of hydrogen-bond acceptors (Lipinski definition) is 6. The van der Waals surface area contributed by atoms with Gasteiger partial charge in [0.1, 0.15) is 6.54 Å². The molecule has 3 aromatic rings. The minimum atomic E-state index is -4.94. The Balaban J connectivity index is 0.000000588. The van der Waals surface area contributed by atoms with Crippen molar-refractivity contribution in [1.82, 2.24) is 0 Å². The molecule has 0 bridgehead atoms. The zero-order valence-electron chi connectivity index (χ0n) is 20.0. The number of halogens is 1. The summed E-state index contributed by atoms with van der Waals surface area (Å²) < 4.78 is 36.3. The van der Waals surface area contributed by atoms with Gasteiger partial charge < -0.3 is 4.90 Å². The summed E-state index contributed by atoms with van der Waals surface area (Å²) in [6.45, 7) is 7.35. The molecule has 1 heterocycles. The van der Waals surface area contributed by atoms with E-state index in [1.165, 1.54) is 16.8 Å². The van der Waals surface area contributed by atoms with Crippen molar-refractivity contribution in [2.24, 2.45) is 5.41 Å². The van der Waals surface area contributed by atoms with Crippen molar-refractivity contribution in [1.29, 1.82) is 0 Å². The number of ketones is 1. The molecule has 8 heteroatoms. The number of aryl methyl sites for hydroxylation is 1. The number of hydrogen-bond donors (Lipinski definition) is 0. The predicted octanol–water partition coefficient (Wildman–Crippen LogP) is 0.610. The highest BCUT2D eigenvalue weighted by molar-refractivity contribution is 6.08. The normalized spacial score (nSPS) is 16.1. The zero-order valence-corrected chi connectivity index (χ0v) is 20.8. The molecule has 2 aromatic carbocycles. The van der Waals surface area contributed by atoms with Crippen molar-refractivity contribution in [2.75, 3.05) is 19.0 Å². The molecule has 0 amide bonds. The van der Waals surface area contributed by atoms with Crippen LogP contribution < -0.4 is 28.1 Å². The van der Waals surface area contributed by atoms with Gasteiger partial charge in [-0.1, -0.05) is 38.1 Å². The Kier molecular flexibility index (Phi) is 7.45. The van der Waals surface area contributed by atoms with Crippen LogP contribution in [0.2, 0.25) is 0 Å². The summed E-state index contributed by atoms with van der Waals surface area (Å²) in [5.74, 6) is 0.234. The molecule has 0 unspecified atom stereocenters. The average Bonchev–Trinajstić information content (AvgIpc) is 2.74. The van der Waals surface area contributed by atoms with E-state index in [0.29, 0.717) is 6.42 Å². The van der Waals surface area contributed by atoms with Gasteiger partial charge in [-0.2, -0.15) is 4.57 Å². The number of pyridine rings is 1. The molecule has 0 aliphatic heterocycles. The van der Waals surface area contributed by atoms with Gasteiger partial charge in [-0.15, -0.1) is 10.2 Å². The van der Waals surface area contributed by atoms with Crippen molar-refractivity contribution in [3.8, 4) is 0 Å². The number of allylic oxidation sites excluding steroid dienone is 1. The van der Waals surface area contributed by atoms with Gasteiger partial charge in [0.15, 0.2) is 5.78 Å². The summed E-state index contributed by atoms with van der Waals surface area (Å²) in [4.78, 5) is 15.2. The van der Waals surface area contributed by atoms with E-state index in [2.05, 4.69) is 98.9 Å². The van der Waals surface area contributed by atoms with Crippen LogP contribution >= 0.6 is 0 Å². The van der Waals surface area contributed by atoms with Gasteiger partial charge in [-0.3, -0.25) is 4.79 Å². The third-order valence-electron chi connectivity index (χ3n) is 5.98. The number of anilines is 1. The van der Waals surface area contributed by atoms with E-state index in [0.717, 1.165) is 28.8 Å². The molecule has 180 valence electrons. The lowest BCUT2D eigenvalue weighted by Gasteiger charge is -2.32. The Morgan fingerprint density at radius 2 is 1.62 bits per heavy atom. The second kappa shape index (κ2) is 9.82. The molecular weight excluding hydrogens is 456 g/mol. The van der Waals surface area contributed by atoms with Crippen LogP contribution in [0.4, 0.5) is 5.69 Å². The van der Waals surface area contributed by atoms with Gasteiger partial charge in [0.05, 0.1) is 5.56 Å². The van der Waals surface area contributed by atoms with Crippen molar-refractivity contribution in [3.05, 3.63) is 71.4 Å². The fraction of sp³-hybridized carbons (Fsp3) is 0.308. The lowest BCUT2D eigenvalue weighted by atomic mass is 9.70. The second-order valence-corrected chi connectivity index (χ2v) is 9.87. The number of carbonyl (C=O) groups excluding carboxylic acids is 1. The first-order chi connectivity index (χ1) is 15.8. The molecule has 4 rings (SSSR count). The quantitative estimate of drug-likeness (QED) is 0.503. The fourth-order valence-electron chi connectivity index (χ4n) is 4.39. The van der Waals surface area contributed by atoms with Crippen molar-refractivity contribution in [2.45, 2.75) is 33.7 Å². The maximum absolute atomic E-state index is 13.1. The van der Waals surface area contributed by atoms with Crippen molar-refractivity contribution in [3.63, 3.8) is 0 Å². The van der Waals surface area contributed by atoms with E-state index in [4.69, 9.17) is 18.6 Å². The molecule has 1 aliphatic carbocycles. The molecule has 0 radical (unpaired) electrons. The number of aromatic nitrogens is 1. The van der Waals surface area contributed by atoms with E-state index in [1.807, 2.05) is 6.07 Å². The standard InChI is InChI=1S/C26H29N2O.ClHO4/c1-6-28-23-10-8-7-9-19(23)16-21-24(29)17-26(2,3)22(25(21)28)15-18-11-13-20(14-12-18)27(4)5;2-1(3,4)5/h7-16H,6,17H2,1-5H3;(H,2,3,4,5)/q+1;/p-1. The molecular formula is C26H29ClN2O5. The topological polar surface area (TPSA) is 116 Å². The number of fused-ring (bicyclic) bond motifs is 2. The Bertz CT molecular complexity index is 1220. The summed E-state index contributed by atoms with van der Waals surface area (Å²) in [6, 6.07) is 19.0. The first kappa shape index (κ1) is 25.8. The first-order valence-electron chi connectivity index (χ1n) is 10.9. The Morgan fingerprint density at radius 3 is 2.18 bits per heavy atom. The molecule has 0 N–H and O–H groups in total. The van der Waals surface area contributed by atoms with Crippen molar-refractivity contribution >= 4 is 34.0 Å². The zero-order chi connectivity index (χ0) is 25.3. The summed E-state index contributed by atoms with van der Waals surface area (Å²) in [7, 11) is -0.844. The third kappa shape index (κ3) is 5.81. The SMILES string of the molecule is CC[n+]1c2c(cc3ccccc31)C(=O)CC(C)(C)/C2=C\c1ccc(N(C)C)cc1.[O-][Cl+3]([O-])([O-])[O-]. The predicted molar refractivity (Wildman–Crippen MR) is 121 cm³/mol. The smallest absolute Gasteiger partial charge is 0.220 e. The highest BCUT2D eigenvalue weighted by Crippen LogP contribution is 2.44. The van der Waals surface area contributed by atoms with Crippen LogP contribution in [0.3, 0.4) is 0 Å². The first-order valence-corrected chi connectivity index (χ1v) is 12.2. The molecule has 1 aliphatic rings. The van der Waals surface area contributed by atoms with E-state index in [1.54, 1.807) is 0 Å². The van der Waals surface area contributed by atoms with Crippen LogP contribution in [0.5, 0.6) is 0 Å². The van der Waals surface area contributed by atoms with Gasteiger partial charge in [0.2, 0.25) is 11.2 Å². The maximum Gasteiger partial charge on any atom is 0.220 e. The van der Waals surface area contributed by atoms with E-state index in [-0.39, 0.29) is 11.2 Å². The lowest BCUT2D eigenvalue weighted by Crippen LogP contribution is -2.68. The largest absolute Gasteiger partial charge is 0.378 e. The molecule has 0 fully saturated rings. The van der Waals surface area contributed by atoms with Gasteiger partial charge >= 0.3 is 0 Å². The van der Waals surface area contributed by atoms with Crippen molar-refractivity contribution < 1.29 is 38.2 Å². The molecule has 1 aromatic heterocycles. The van der Waals surface area contributed by atoms with Crippen LogP contribution in [0.15, 0.2) is 54.6 Å². The van der Waals surface area contributed by atoms with Gasteiger partial charge in [-0.05, 0) is 42.8 Å². The van der Waals surface area contributed by atoms with Crippen LogP contribution in [0.25, 0.3) is 22.6 Å². The minimum absolute atomic E-state index is 0.219. The van der Waals surface area contributed by atoms with Gasteiger partial charge in [-0.25, -0.2) is 18.6 Å². The Hall–Kier alpha value is -2.81. The number of rotatable bonds is 3. The third-order valence-corrected chi connectivity index (χ3v) is 5.98. The van der Waals surface area contributed by atoms with Gasteiger partial charge in [0.25, 0.3) is 0 Å². The number of Topliss-reactive ketones (excluding diaryl/α,β-unsaturated/α-hetero) is 1. The van der Waals surface area contributed by atoms with E-state index in [9.17, 15) is 4.79 Å².